The lowest BCUT2D eigenvalue weighted by atomic mass is 10.0. The molecule has 34 heavy (non-hydrogen) atoms. The summed E-state index contributed by atoms with van der Waals surface area (Å²) < 4.78 is 44.7. The summed E-state index contributed by atoms with van der Waals surface area (Å²) in [6.45, 7) is 3.63. The highest BCUT2D eigenvalue weighted by Gasteiger charge is 2.34. The zero-order valence-electron chi connectivity index (χ0n) is 19.0. The first-order valence-electron chi connectivity index (χ1n) is 10.7. The van der Waals surface area contributed by atoms with Crippen LogP contribution in [-0.2, 0) is 9.53 Å². The van der Waals surface area contributed by atoms with E-state index in [2.05, 4.69) is 20.3 Å². The van der Waals surface area contributed by atoms with Crippen LogP contribution >= 0.6 is 0 Å². The number of aliphatic imine (C=N–C) groups is 2. The number of hydrogen-bond acceptors (Lipinski definition) is 7. The molecule has 1 aromatic rings. The van der Waals surface area contributed by atoms with Crippen molar-refractivity contribution >= 4 is 29.2 Å². The van der Waals surface area contributed by atoms with Gasteiger partial charge in [0.1, 0.15) is 11.5 Å². The number of amides is 1. The summed E-state index contributed by atoms with van der Waals surface area (Å²) >= 11 is 0. The maximum atomic E-state index is 13.1. The normalized spacial score (nSPS) is 20.7. The molecule has 0 radical (unpaired) electrons. The molecule has 0 saturated carbocycles. The summed E-state index contributed by atoms with van der Waals surface area (Å²) in [6, 6.07) is 3.02. The number of carbonyl (C=O) groups is 1. The Labute approximate surface area is 195 Å². The maximum absolute atomic E-state index is 13.1. The molecule has 3 heterocycles. The molecular formula is C22H28F3N7O2. The van der Waals surface area contributed by atoms with E-state index < -0.39 is 11.9 Å². The van der Waals surface area contributed by atoms with Crippen molar-refractivity contribution < 1.29 is 22.7 Å². The third-order valence-corrected chi connectivity index (χ3v) is 5.53. The van der Waals surface area contributed by atoms with E-state index in [1.54, 1.807) is 4.90 Å². The Hall–Kier alpha value is -3.41. The Morgan fingerprint density at radius 3 is 2.68 bits per heavy atom. The fourth-order valence-electron chi connectivity index (χ4n) is 3.69. The number of hydrogen-bond donors (Lipinski definition) is 3. The molecule has 1 saturated heterocycles. The number of amidine groups is 1. The molecule has 1 unspecified atom stereocenters. The summed E-state index contributed by atoms with van der Waals surface area (Å²) in [5, 5.41) is 3.46. The van der Waals surface area contributed by atoms with E-state index in [0.29, 0.717) is 44.0 Å². The molecular weight excluding hydrogens is 451 g/mol. The number of alkyl halides is 3. The van der Waals surface area contributed by atoms with Gasteiger partial charge < -0.3 is 26.4 Å². The van der Waals surface area contributed by atoms with Crippen molar-refractivity contribution in [3.8, 4) is 0 Å². The molecule has 3 rings (SSSR count). The van der Waals surface area contributed by atoms with Crippen LogP contribution in [0.5, 0.6) is 0 Å². The molecule has 0 aromatic carbocycles. The van der Waals surface area contributed by atoms with Crippen LogP contribution in [0.25, 0.3) is 5.57 Å². The van der Waals surface area contributed by atoms with Gasteiger partial charge in [-0.2, -0.15) is 13.2 Å². The van der Waals surface area contributed by atoms with Gasteiger partial charge in [-0.15, -0.1) is 0 Å². The van der Waals surface area contributed by atoms with Crippen molar-refractivity contribution in [1.82, 2.24) is 15.2 Å². The van der Waals surface area contributed by atoms with Crippen LogP contribution in [0.4, 0.5) is 18.9 Å². The van der Waals surface area contributed by atoms with Gasteiger partial charge in [-0.3, -0.25) is 14.8 Å². The monoisotopic (exact) mass is 479 g/mol. The predicted molar refractivity (Wildman–Crippen MR) is 123 cm³/mol. The lowest BCUT2D eigenvalue weighted by Crippen LogP contribution is -2.43. The molecule has 1 aromatic heterocycles. The Bertz CT molecular complexity index is 1020. The van der Waals surface area contributed by atoms with Crippen LogP contribution in [-0.4, -0.2) is 73.4 Å². The van der Waals surface area contributed by atoms with Crippen molar-refractivity contribution in [2.45, 2.75) is 32.0 Å². The highest BCUT2D eigenvalue weighted by Crippen LogP contribution is 2.28. The molecule has 0 aliphatic carbocycles. The molecule has 1 atom stereocenters. The van der Waals surface area contributed by atoms with Crippen molar-refractivity contribution in [1.29, 1.82) is 0 Å². The fourth-order valence-corrected chi connectivity index (χ4v) is 3.69. The van der Waals surface area contributed by atoms with Gasteiger partial charge in [-0.05, 0) is 18.6 Å². The first-order valence-corrected chi connectivity index (χ1v) is 10.7. The van der Waals surface area contributed by atoms with Crippen molar-refractivity contribution in [3.63, 3.8) is 0 Å². The first-order chi connectivity index (χ1) is 16.1. The Morgan fingerprint density at radius 1 is 1.35 bits per heavy atom. The third kappa shape index (κ3) is 6.13. The van der Waals surface area contributed by atoms with Crippen LogP contribution in [0.2, 0.25) is 0 Å². The van der Waals surface area contributed by atoms with Crippen molar-refractivity contribution in [2.75, 3.05) is 33.4 Å². The summed E-state index contributed by atoms with van der Waals surface area (Å²) in [4.78, 5) is 25.7. The number of ether oxygens (including phenoxy) is 1. The summed E-state index contributed by atoms with van der Waals surface area (Å²) in [6.07, 6.45) is -0.938. The van der Waals surface area contributed by atoms with Gasteiger partial charge in [0.25, 0.3) is 0 Å². The number of nitrogens with zero attached hydrogens (tertiary/aromatic N) is 4. The second-order valence-electron chi connectivity index (χ2n) is 7.96. The number of nitrogens with one attached hydrogen (secondary N) is 1. The van der Waals surface area contributed by atoms with E-state index in [1.807, 2.05) is 0 Å². The number of carbonyl (C=O) groups excluding carboxylic acids is 1. The molecule has 184 valence electrons. The van der Waals surface area contributed by atoms with Gasteiger partial charge in [0.05, 0.1) is 36.8 Å². The number of pyridine rings is 1. The first kappa shape index (κ1) is 25.2. The van der Waals surface area contributed by atoms with E-state index in [1.165, 1.54) is 32.3 Å². The largest absolute Gasteiger partial charge is 0.431 e. The average molecular weight is 480 g/mol. The van der Waals surface area contributed by atoms with Gasteiger partial charge in [0.15, 0.2) is 0 Å². The van der Waals surface area contributed by atoms with Crippen molar-refractivity contribution in [2.24, 2.45) is 21.5 Å². The van der Waals surface area contributed by atoms with Gasteiger partial charge in [-0.1, -0.05) is 0 Å². The van der Waals surface area contributed by atoms with E-state index >= 15 is 0 Å². The molecule has 12 heteroatoms. The lowest BCUT2D eigenvalue weighted by molar-refractivity contribution is -0.128. The Kier molecular flexibility index (Phi) is 7.92. The van der Waals surface area contributed by atoms with Gasteiger partial charge in [0, 0.05) is 56.6 Å². The van der Waals surface area contributed by atoms with Crippen LogP contribution in [0, 0.1) is 0 Å². The maximum Gasteiger partial charge on any atom is 0.431 e. The molecule has 2 aliphatic heterocycles. The van der Waals surface area contributed by atoms with E-state index in [9.17, 15) is 18.0 Å². The number of rotatable bonds is 6. The Morgan fingerprint density at radius 2 is 2.12 bits per heavy atom. The molecule has 1 amide bonds. The zero-order valence-corrected chi connectivity index (χ0v) is 19.0. The summed E-state index contributed by atoms with van der Waals surface area (Å²) in [5.74, 6) is 0.126. The SMILES string of the molecule is CN=C/C(=C(/N)C(F)(F)F)c1ccc(N=C(N)C2=C(NC3CCOC3)CCN(C(C)=O)C2)cn1. The standard InChI is InChI=1S/C22H28F3N7O2/c1-13(33)32-7-5-19(30-15-6-8-34-12-15)17(11-32)21(27)31-14-3-4-18(29-9-14)16(10-28-2)20(26)22(23,24)25/h3-4,9-10,15,30H,5-8,11-12,26H2,1-2H3,(H2,27,31)/b20-16-,28-10?. The fraction of sp³-hybridized carbons (Fsp3) is 0.455. The number of nitrogens with two attached hydrogens (primary N) is 2. The number of halogens is 3. The summed E-state index contributed by atoms with van der Waals surface area (Å²) in [5.41, 5.74) is 11.9. The predicted octanol–water partition coefficient (Wildman–Crippen LogP) is 1.89. The Balaban J connectivity index is 1.90. The molecule has 1 fully saturated rings. The van der Waals surface area contributed by atoms with Gasteiger partial charge >= 0.3 is 6.18 Å². The second kappa shape index (κ2) is 10.7. The smallest absolute Gasteiger partial charge is 0.394 e. The van der Waals surface area contributed by atoms with Crippen LogP contribution in [0.3, 0.4) is 0 Å². The van der Waals surface area contributed by atoms with Crippen LogP contribution < -0.4 is 16.8 Å². The van der Waals surface area contributed by atoms with Crippen LogP contribution in [0.1, 0.15) is 25.5 Å². The lowest BCUT2D eigenvalue weighted by Gasteiger charge is -2.31. The number of aromatic nitrogens is 1. The minimum absolute atomic E-state index is 0.00109. The zero-order chi connectivity index (χ0) is 24.9. The second-order valence-corrected chi connectivity index (χ2v) is 7.96. The van der Waals surface area contributed by atoms with Gasteiger partial charge in [0.2, 0.25) is 5.91 Å². The van der Waals surface area contributed by atoms with Crippen LogP contribution in [0.15, 0.2) is 45.3 Å². The third-order valence-electron chi connectivity index (χ3n) is 5.53. The van der Waals surface area contributed by atoms with E-state index in [0.717, 1.165) is 18.3 Å². The highest BCUT2D eigenvalue weighted by molar-refractivity contribution is 6.10. The minimum Gasteiger partial charge on any atom is -0.394 e. The molecule has 0 bridgehead atoms. The van der Waals surface area contributed by atoms with Crippen molar-refractivity contribution in [3.05, 3.63) is 41.0 Å². The number of allylic oxidation sites excluding steroid dienone is 2. The topological polar surface area (TPSA) is 131 Å². The average Bonchev–Trinajstić information content (AvgIpc) is 3.30. The van der Waals surface area contributed by atoms with E-state index in [4.69, 9.17) is 16.2 Å². The van der Waals surface area contributed by atoms with E-state index in [-0.39, 0.29) is 29.1 Å². The highest BCUT2D eigenvalue weighted by atomic mass is 19.4. The summed E-state index contributed by atoms with van der Waals surface area (Å²) in [7, 11) is 1.34. The molecule has 0 spiro atoms. The quantitative estimate of drug-likeness (QED) is 0.422. The molecule has 5 N–H and O–H groups in total. The molecule has 9 nitrogen and oxygen atoms in total. The van der Waals surface area contributed by atoms with Gasteiger partial charge in [-0.25, -0.2) is 4.99 Å². The molecule has 2 aliphatic rings. The minimum atomic E-state index is -4.72.